The van der Waals surface area contributed by atoms with Gasteiger partial charge in [0.05, 0.1) is 13.7 Å². The number of ether oxygens (including phenoxy) is 3. The average molecular weight is 826 g/mol. The first-order chi connectivity index (χ1) is 26.6. The Bertz CT molecular complexity index is 2060. The van der Waals surface area contributed by atoms with Crippen LogP contribution >= 0.6 is 0 Å². The SMILES string of the molecule is COc1ccc2c(O[C@@H]3C[C@H]4C(=O)N[C@]5(C(=O)NS(=O)(=O)C6(F)CC6)C[C@H]5/C=C\CC[C@@H](C)C[C@@H](C)[C@H](NC(=O)OC(C)(C)C(F)(F)F)C(=O)N4C3)nccc2c1. The number of allylic oxidation sites excluding steroid dienone is 1. The number of pyridine rings is 1. The van der Waals surface area contributed by atoms with Gasteiger partial charge in [-0.15, -0.1) is 0 Å². The minimum absolute atomic E-state index is 0.0164. The van der Waals surface area contributed by atoms with Crippen molar-refractivity contribution in [3.63, 3.8) is 0 Å². The van der Waals surface area contributed by atoms with Crippen molar-refractivity contribution in [2.45, 2.75) is 113 Å². The molecular formula is C38H47F4N5O9S. The van der Waals surface area contributed by atoms with E-state index in [0.717, 1.165) is 4.90 Å². The number of nitrogens with one attached hydrogen (secondary N) is 3. The van der Waals surface area contributed by atoms with Gasteiger partial charge in [-0.2, -0.15) is 13.2 Å². The van der Waals surface area contributed by atoms with E-state index in [2.05, 4.69) is 15.6 Å². The molecule has 7 atom stereocenters. The maximum absolute atomic E-state index is 14.8. The van der Waals surface area contributed by atoms with Gasteiger partial charge in [-0.3, -0.25) is 14.4 Å². The number of hydrogen-bond acceptors (Lipinski definition) is 10. The molecule has 3 N–H and O–H groups in total. The van der Waals surface area contributed by atoms with Crippen molar-refractivity contribution >= 4 is 44.6 Å². The van der Waals surface area contributed by atoms with E-state index in [4.69, 9.17) is 14.2 Å². The molecule has 2 aromatic rings. The van der Waals surface area contributed by atoms with Gasteiger partial charge >= 0.3 is 12.3 Å². The molecule has 4 amide bonds. The minimum atomic E-state index is -4.93. The van der Waals surface area contributed by atoms with Gasteiger partial charge in [0.15, 0.2) is 0 Å². The van der Waals surface area contributed by atoms with E-state index in [1.807, 2.05) is 11.6 Å². The lowest BCUT2D eigenvalue weighted by molar-refractivity contribution is -0.244. The van der Waals surface area contributed by atoms with Gasteiger partial charge in [-0.25, -0.2) is 27.3 Å². The molecule has 57 heavy (non-hydrogen) atoms. The van der Waals surface area contributed by atoms with E-state index >= 15 is 0 Å². The number of halogens is 4. The molecule has 2 aliphatic carbocycles. The Labute approximate surface area is 327 Å². The van der Waals surface area contributed by atoms with Crippen LogP contribution in [0.3, 0.4) is 0 Å². The quantitative estimate of drug-likeness (QED) is 0.247. The summed E-state index contributed by atoms with van der Waals surface area (Å²) in [5.74, 6) is -3.50. The van der Waals surface area contributed by atoms with Crippen molar-refractivity contribution in [1.82, 2.24) is 25.2 Å². The topological polar surface area (TPSA) is 182 Å². The van der Waals surface area contributed by atoms with E-state index in [9.17, 15) is 45.2 Å². The van der Waals surface area contributed by atoms with Gasteiger partial charge in [-0.1, -0.05) is 26.0 Å². The molecule has 3 fully saturated rings. The molecule has 1 aromatic heterocycles. The van der Waals surface area contributed by atoms with E-state index < -0.39 is 86.2 Å². The molecule has 6 rings (SSSR count). The van der Waals surface area contributed by atoms with Crippen molar-refractivity contribution in [2.24, 2.45) is 17.8 Å². The largest absolute Gasteiger partial charge is 0.497 e. The Morgan fingerprint density at radius 2 is 1.81 bits per heavy atom. The fraction of sp³-hybridized carbons (Fsp3) is 0.605. The number of hydrogen-bond donors (Lipinski definition) is 3. The van der Waals surface area contributed by atoms with Crippen LogP contribution < -0.4 is 24.8 Å². The maximum Gasteiger partial charge on any atom is 0.427 e. The lowest BCUT2D eigenvalue weighted by atomic mass is 9.88. The summed E-state index contributed by atoms with van der Waals surface area (Å²) in [6.07, 6.45) is -1.73. The highest BCUT2D eigenvalue weighted by molar-refractivity contribution is 7.91. The van der Waals surface area contributed by atoms with Gasteiger partial charge in [0.1, 0.15) is 29.5 Å². The Hall–Kier alpha value is -4.68. The Balaban J connectivity index is 1.35. The summed E-state index contributed by atoms with van der Waals surface area (Å²) >= 11 is 0. The number of alkyl carbamates (subject to hydrolysis) is 1. The fourth-order valence-electron chi connectivity index (χ4n) is 7.44. The summed E-state index contributed by atoms with van der Waals surface area (Å²) in [6.45, 7) is 4.65. The predicted octanol–water partition coefficient (Wildman–Crippen LogP) is 4.82. The summed E-state index contributed by atoms with van der Waals surface area (Å²) in [7, 11) is -3.23. The lowest BCUT2D eigenvalue weighted by Crippen LogP contribution is -2.59. The van der Waals surface area contributed by atoms with E-state index in [0.29, 0.717) is 49.6 Å². The molecule has 19 heteroatoms. The van der Waals surface area contributed by atoms with Crippen molar-refractivity contribution in [3.05, 3.63) is 42.6 Å². The Morgan fingerprint density at radius 3 is 2.47 bits per heavy atom. The number of carbonyl (C=O) groups excluding carboxylic acids is 4. The van der Waals surface area contributed by atoms with Crippen molar-refractivity contribution in [3.8, 4) is 11.6 Å². The monoisotopic (exact) mass is 825 g/mol. The Morgan fingerprint density at radius 1 is 1.09 bits per heavy atom. The molecule has 3 heterocycles. The third kappa shape index (κ3) is 8.62. The summed E-state index contributed by atoms with van der Waals surface area (Å²) in [6, 6.07) is 4.05. The van der Waals surface area contributed by atoms with Crippen LogP contribution in [-0.2, 0) is 29.1 Å². The smallest absolute Gasteiger partial charge is 0.427 e. The van der Waals surface area contributed by atoms with E-state index in [1.165, 1.54) is 13.3 Å². The second kappa shape index (κ2) is 15.2. The number of alkyl halides is 4. The van der Waals surface area contributed by atoms with Gasteiger partial charge in [0.2, 0.25) is 28.3 Å². The highest BCUT2D eigenvalue weighted by Gasteiger charge is 2.64. The van der Waals surface area contributed by atoms with Crippen LogP contribution in [0.5, 0.6) is 11.6 Å². The van der Waals surface area contributed by atoms with Gasteiger partial charge in [-0.05, 0) is 81.0 Å². The molecule has 2 aliphatic heterocycles. The predicted molar refractivity (Wildman–Crippen MR) is 197 cm³/mol. The number of nitrogens with zero attached hydrogens (tertiary/aromatic N) is 2. The molecule has 312 valence electrons. The standard InChI is InChI=1S/C38H47F4N5O9S/c1-21-8-6-7-9-24-19-37(24,33(50)46-57(52,53)36(39)13-14-36)45-30(48)28-18-26(55-31-27-11-10-25(54-5)17-23(27)12-15-43-31)20-47(28)32(49)29(22(2)16-21)44-34(51)56-35(3,4)38(40,41)42/h7,9-12,15,17,21-22,24,26,28-29H,6,8,13-14,16,18-20H2,1-5H3,(H,44,51)(H,45,48)(H,46,50)/b9-7-/t21-,22-,24-,26-,28+,29+,37-/m1/s1. The van der Waals surface area contributed by atoms with Crippen LogP contribution in [-0.4, -0.2) is 96.3 Å². The summed E-state index contributed by atoms with van der Waals surface area (Å²) in [4.78, 5) is 61.4. The first-order valence-electron chi connectivity index (χ1n) is 18.8. The Kier molecular flexibility index (Phi) is 11.2. The number of aromatic nitrogens is 1. The van der Waals surface area contributed by atoms with Gasteiger partial charge in [0.25, 0.3) is 15.9 Å². The maximum atomic E-state index is 14.8. The van der Waals surface area contributed by atoms with E-state index in [1.54, 1.807) is 43.3 Å². The summed E-state index contributed by atoms with van der Waals surface area (Å²) < 4.78 is 99.7. The van der Waals surface area contributed by atoms with Crippen LogP contribution in [0.1, 0.15) is 72.6 Å². The van der Waals surface area contributed by atoms with Crippen molar-refractivity contribution in [1.29, 1.82) is 0 Å². The molecule has 0 bridgehead atoms. The third-order valence-electron chi connectivity index (χ3n) is 11.3. The van der Waals surface area contributed by atoms with Gasteiger partial charge < -0.3 is 29.7 Å². The molecule has 2 saturated carbocycles. The fourth-order valence-corrected chi connectivity index (χ4v) is 8.69. The van der Waals surface area contributed by atoms with Crippen LogP contribution in [0, 0.1) is 17.8 Å². The molecule has 0 radical (unpaired) electrons. The lowest BCUT2D eigenvalue weighted by Gasteiger charge is -2.34. The molecule has 1 saturated heterocycles. The zero-order valence-corrected chi connectivity index (χ0v) is 33.0. The van der Waals surface area contributed by atoms with Crippen LogP contribution in [0.2, 0.25) is 0 Å². The molecular weight excluding hydrogens is 779 g/mol. The molecule has 0 unspecified atom stereocenters. The summed E-state index contributed by atoms with van der Waals surface area (Å²) in [5.41, 5.74) is -4.71. The highest BCUT2D eigenvalue weighted by Crippen LogP contribution is 2.48. The van der Waals surface area contributed by atoms with Crippen molar-refractivity contribution < 1.29 is 59.4 Å². The zero-order valence-electron chi connectivity index (χ0n) is 32.2. The average Bonchev–Trinajstić information content (AvgIpc) is 4.01. The summed E-state index contributed by atoms with van der Waals surface area (Å²) in [5, 5.41) is 3.71. The number of amides is 4. The number of fused-ring (bicyclic) bond motifs is 3. The molecule has 4 aliphatic rings. The number of rotatable bonds is 8. The number of methoxy groups -OCH3 is 1. The molecule has 1 aromatic carbocycles. The second-order valence-corrected chi connectivity index (χ2v) is 18.1. The zero-order chi connectivity index (χ0) is 41.7. The molecule has 14 nitrogen and oxygen atoms in total. The van der Waals surface area contributed by atoms with Crippen LogP contribution in [0.15, 0.2) is 42.6 Å². The first-order valence-corrected chi connectivity index (χ1v) is 20.3. The first kappa shape index (κ1) is 41.9. The normalized spacial score (nSPS) is 29.7. The van der Waals surface area contributed by atoms with E-state index in [-0.39, 0.29) is 44.0 Å². The highest BCUT2D eigenvalue weighted by atomic mass is 32.2. The van der Waals surface area contributed by atoms with Crippen LogP contribution in [0.4, 0.5) is 22.4 Å². The van der Waals surface area contributed by atoms with Crippen molar-refractivity contribution in [2.75, 3.05) is 13.7 Å². The second-order valence-electron chi connectivity index (χ2n) is 16.1. The third-order valence-corrected chi connectivity index (χ3v) is 13.1. The number of sulfonamides is 1. The number of benzene rings is 1. The number of carbonyl (C=O) groups is 4. The van der Waals surface area contributed by atoms with Gasteiger partial charge in [0, 0.05) is 36.8 Å². The molecule has 0 spiro atoms. The van der Waals surface area contributed by atoms with Crippen LogP contribution in [0.25, 0.3) is 10.8 Å². The minimum Gasteiger partial charge on any atom is -0.497 e.